The molecule has 0 N–H and O–H groups in total. The highest BCUT2D eigenvalue weighted by molar-refractivity contribution is 9.10. The number of benzene rings is 1. The SMILES string of the molecule is COC(=O)c1ccc(CN(C)C2CCS(=O)(=O)C2)c(Br)c1. The Kier molecular flexibility index (Phi) is 5.06. The molecule has 2 rings (SSSR count). The maximum Gasteiger partial charge on any atom is 0.337 e. The first-order valence-electron chi connectivity index (χ1n) is 6.60. The van der Waals surface area contributed by atoms with Gasteiger partial charge >= 0.3 is 5.97 Å². The fourth-order valence-corrected chi connectivity index (χ4v) is 4.75. The van der Waals surface area contributed by atoms with E-state index in [2.05, 4.69) is 20.7 Å². The number of methoxy groups -OCH3 is 1. The van der Waals surface area contributed by atoms with Crippen molar-refractivity contribution in [2.45, 2.75) is 19.0 Å². The molecule has 1 aromatic rings. The minimum Gasteiger partial charge on any atom is -0.465 e. The van der Waals surface area contributed by atoms with Gasteiger partial charge in [0.2, 0.25) is 0 Å². The normalized spacial score (nSPS) is 20.7. The predicted octanol–water partition coefficient (Wildman–Crippen LogP) is 1.85. The first-order chi connectivity index (χ1) is 9.82. The second-order valence-corrected chi connectivity index (χ2v) is 8.35. The molecule has 21 heavy (non-hydrogen) atoms. The van der Waals surface area contributed by atoms with Gasteiger partial charge in [-0.05, 0) is 31.2 Å². The minimum absolute atomic E-state index is 0.0576. The molecule has 0 radical (unpaired) electrons. The highest BCUT2D eigenvalue weighted by atomic mass is 79.9. The summed E-state index contributed by atoms with van der Waals surface area (Å²) in [5.74, 6) is 0.115. The van der Waals surface area contributed by atoms with Crippen LogP contribution in [0.4, 0.5) is 0 Å². The van der Waals surface area contributed by atoms with E-state index >= 15 is 0 Å². The molecule has 1 aromatic carbocycles. The van der Waals surface area contributed by atoms with Gasteiger partial charge in [0.15, 0.2) is 9.84 Å². The lowest BCUT2D eigenvalue weighted by Crippen LogP contribution is -2.32. The summed E-state index contributed by atoms with van der Waals surface area (Å²) in [7, 11) is 0.390. The van der Waals surface area contributed by atoms with Crippen molar-refractivity contribution in [1.82, 2.24) is 4.90 Å². The number of carbonyl (C=O) groups is 1. The predicted molar refractivity (Wildman–Crippen MR) is 84.0 cm³/mol. The summed E-state index contributed by atoms with van der Waals surface area (Å²) in [5.41, 5.74) is 1.49. The van der Waals surface area contributed by atoms with Crippen molar-refractivity contribution < 1.29 is 17.9 Å². The maximum absolute atomic E-state index is 11.5. The Morgan fingerprint density at radius 1 is 1.48 bits per heavy atom. The topological polar surface area (TPSA) is 63.7 Å². The van der Waals surface area contributed by atoms with Crippen LogP contribution < -0.4 is 0 Å². The molecule has 1 aliphatic heterocycles. The van der Waals surface area contributed by atoms with Crippen molar-refractivity contribution in [3.63, 3.8) is 0 Å². The van der Waals surface area contributed by atoms with Crippen molar-refractivity contribution in [3.8, 4) is 0 Å². The zero-order chi connectivity index (χ0) is 15.6. The van der Waals surface area contributed by atoms with Gasteiger partial charge in [-0.3, -0.25) is 4.90 Å². The van der Waals surface area contributed by atoms with Gasteiger partial charge in [0.25, 0.3) is 0 Å². The summed E-state index contributed by atoms with van der Waals surface area (Å²) < 4.78 is 28.6. The molecule has 0 spiro atoms. The Hall–Kier alpha value is -0.920. The molecule has 116 valence electrons. The van der Waals surface area contributed by atoms with Gasteiger partial charge in [-0.25, -0.2) is 13.2 Å². The van der Waals surface area contributed by atoms with Crippen LogP contribution >= 0.6 is 15.9 Å². The molecule has 0 bridgehead atoms. The summed E-state index contributed by atoms with van der Waals surface area (Å²) in [6.07, 6.45) is 0.677. The molecule has 0 amide bonds. The van der Waals surface area contributed by atoms with Crippen LogP contribution in [0.3, 0.4) is 0 Å². The quantitative estimate of drug-likeness (QED) is 0.751. The molecule has 7 heteroatoms. The third kappa shape index (κ3) is 4.05. The van der Waals surface area contributed by atoms with Gasteiger partial charge in [0.05, 0.1) is 24.2 Å². The van der Waals surface area contributed by atoms with E-state index in [-0.39, 0.29) is 23.5 Å². The van der Waals surface area contributed by atoms with Gasteiger partial charge in [0.1, 0.15) is 0 Å². The van der Waals surface area contributed by atoms with Crippen molar-refractivity contribution in [3.05, 3.63) is 33.8 Å². The average Bonchev–Trinajstić information content (AvgIpc) is 2.80. The molecular formula is C14H18BrNO4S. The Bertz CT molecular complexity index is 644. The van der Waals surface area contributed by atoms with Crippen LogP contribution in [0.2, 0.25) is 0 Å². The van der Waals surface area contributed by atoms with E-state index in [1.54, 1.807) is 12.1 Å². The van der Waals surface area contributed by atoms with Crippen LogP contribution in [0.25, 0.3) is 0 Å². The fraction of sp³-hybridized carbons (Fsp3) is 0.500. The van der Waals surface area contributed by atoms with E-state index in [4.69, 9.17) is 0 Å². The minimum atomic E-state index is -2.88. The Morgan fingerprint density at radius 3 is 2.71 bits per heavy atom. The Labute approximate surface area is 133 Å². The number of carbonyl (C=O) groups excluding carboxylic acids is 1. The first-order valence-corrected chi connectivity index (χ1v) is 9.21. The molecule has 5 nitrogen and oxygen atoms in total. The molecule has 1 fully saturated rings. The smallest absolute Gasteiger partial charge is 0.337 e. The zero-order valence-electron chi connectivity index (χ0n) is 12.0. The van der Waals surface area contributed by atoms with Gasteiger partial charge in [-0.1, -0.05) is 22.0 Å². The van der Waals surface area contributed by atoms with Crippen molar-refractivity contribution in [2.24, 2.45) is 0 Å². The van der Waals surface area contributed by atoms with Gasteiger partial charge in [-0.15, -0.1) is 0 Å². The fourth-order valence-electron chi connectivity index (χ4n) is 2.44. The molecule has 0 aliphatic carbocycles. The van der Waals surface area contributed by atoms with Crippen molar-refractivity contribution in [2.75, 3.05) is 25.7 Å². The number of rotatable bonds is 4. The zero-order valence-corrected chi connectivity index (χ0v) is 14.4. The van der Waals surface area contributed by atoms with Crippen LogP contribution in [0.15, 0.2) is 22.7 Å². The van der Waals surface area contributed by atoms with E-state index in [1.807, 2.05) is 18.0 Å². The summed E-state index contributed by atoms with van der Waals surface area (Å²) in [6, 6.07) is 5.35. The highest BCUT2D eigenvalue weighted by Gasteiger charge is 2.30. The maximum atomic E-state index is 11.5. The third-order valence-electron chi connectivity index (χ3n) is 3.73. The van der Waals surface area contributed by atoms with Crippen LogP contribution in [-0.4, -0.2) is 51.0 Å². The molecule has 1 saturated heterocycles. The standard InChI is InChI=1S/C14H18BrNO4S/c1-16(12-5-6-21(18,19)9-12)8-11-4-3-10(7-13(11)15)14(17)20-2/h3-4,7,12H,5-6,8-9H2,1-2H3. The number of ether oxygens (including phenoxy) is 1. The molecule has 0 aromatic heterocycles. The molecular weight excluding hydrogens is 358 g/mol. The largest absolute Gasteiger partial charge is 0.465 e. The van der Waals surface area contributed by atoms with E-state index < -0.39 is 9.84 Å². The van der Waals surface area contributed by atoms with Gasteiger partial charge < -0.3 is 4.74 Å². The van der Waals surface area contributed by atoms with Crippen LogP contribution in [0, 0.1) is 0 Å². The van der Waals surface area contributed by atoms with Crippen LogP contribution in [0.1, 0.15) is 22.3 Å². The molecule has 0 saturated carbocycles. The van der Waals surface area contributed by atoms with Gasteiger partial charge in [0, 0.05) is 17.1 Å². The van der Waals surface area contributed by atoms with Crippen LogP contribution in [0.5, 0.6) is 0 Å². The molecule has 1 heterocycles. The number of halogens is 1. The van der Waals surface area contributed by atoms with E-state index in [0.29, 0.717) is 18.5 Å². The van der Waals surface area contributed by atoms with Crippen molar-refractivity contribution in [1.29, 1.82) is 0 Å². The lowest BCUT2D eigenvalue weighted by molar-refractivity contribution is 0.0600. The number of nitrogens with zero attached hydrogens (tertiary/aromatic N) is 1. The number of hydrogen-bond acceptors (Lipinski definition) is 5. The second-order valence-electron chi connectivity index (χ2n) is 5.27. The monoisotopic (exact) mass is 375 g/mol. The molecule has 1 aliphatic rings. The lowest BCUT2D eigenvalue weighted by Gasteiger charge is -2.23. The summed E-state index contributed by atoms with van der Waals surface area (Å²) >= 11 is 3.45. The van der Waals surface area contributed by atoms with E-state index in [0.717, 1.165) is 10.0 Å². The summed E-state index contributed by atoms with van der Waals surface area (Å²) in [4.78, 5) is 13.5. The Balaban J connectivity index is 2.08. The highest BCUT2D eigenvalue weighted by Crippen LogP contribution is 2.23. The number of esters is 1. The summed E-state index contributed by atoms with van der Waals surface area (Å²) in [5, 5.41) is 0. The first kappa shape index (κ1) is 16.5. The summed E-state index contributed by atoms with van der Waals surface area (Å²) in [6.45, 7) is 0.627. The van der Waals surface area contributed by atoms with E-state index in [9.17, 15) is 13.2 Å². The average molecular weight is 376 g/mol. The number of hydrogen-bond donors (Lipinski definition) is 0. The molecule has 1 atom stereocenters. The molecule has 1 unspecified atom stereocenters. The Morgan fingerprint density at radius 2 is 2.19 bits per heavy atom. The number of sulfone groups is 1. The second kappa shape index (κ2) is 6.46. The lowest BCUT2D eigenvalue weighted by atomic mass is 10.1. The third-order valence-corrected chi connectivity index (χ3v) is 6.21. The van der Waals surface area contributed by atoms with E-state index in [1.165, 1.54) is 7.11 Å². The van der Waals surface area contributed by atoms with Crippen molar-refractivity contribution >= 4 is 31.7 Å². The van der Waals surface area contributed by atoms with Gasteiger partial charge in [-0.2, -0.15) is 0 Å². The van der Waals surface area contributed by atoms with Crippen LogP contribution in [-0.2, 0) is 21.1 Å².